The molecule has 21 heavy (non-hydrogen) atoms. The molecule has 0 radical (unpaired) electrons. The van der Waals surface area contributed by atoms with E-state index in [2.05, 4.69) is 65.5 Å². The summed E-state index contributed by atoms with van der Waals surface area (Å²) in [6, 6.07) is 18.9. The van der Waals surface area contributed by atoms with Crippen LogP contribution in [0.2, 0.25) is 0 Å². The zero-order chi connectivity index (χ0) is 13.8. The highest BCUT2D eigenvalue weighted by molar-refractivity contribution is 5.82. The molecule has 108 valence electrons. The van der Waals surface area contributed by atoms with Crippen LogP contribution in [0.1, 0.15) is 5.56 Å². The van der Waals surface area contributed by atoms with Crippen molar-refractivity contribution in [1.82, 2.24) is 0 Å². The number of nitrogens with zero attached hydrogens (tertiary/aromatic N) is 1. The van der Waals surface area contributed by atoms with Gasteiger partial charge in [0.25, 0.3) is 0 Å². The Hall–Kier alpha value is -2.06. The fourth-order valence-corrected chi connectivity index (χ4v) is 2.38. The molecule has 0 unspecified atom stereocenters. The summed E-state index contributed by atoms with van der Waals surface area (Å²) >= 11 is 0. The fraction of sp³-hybridized carbons (Fsp3) is 0.167. The predicted molar refractivity (Wildman–Crippen MR) is 80.8 cm³/mol. The van der Waals surface area contributed by atoms with Crippen molar-refractivity contribution in [2.45, 2.75) is 13.0 Å². The minimum absolute atomic E-state index is 0. The fourth-order valence-electron chi connectivity index (χ4n) is 2.38. The van der Waals surface area contributed by atoms with Gasteiger partial charge in [-0.15, -0.1) is 0 Å². The lowest BCUT2D eigenvalue weighted by Crippen LogP contribution is -3.00. The topological polar surface area (TPSA) is 13.1 Å². The molecule has 0 fully saturated rings. The van der Waals surface area contributed by atoms with Gasteiger partial charge in [-0.3, -0.25) is 0 Å². The van der Waals surface area contributed by atoms with Crippen molar-refractivity contribution in [1.29, 1.82) is 0 Å². The Morgan fingerprint density at radius 1 is 0.952 bits per heavy atom. The van der Waals surface area contributed by atoms with E-state index in [0.29, 0.717) is 0 Å². The summed E-state index contributed by atoms with van der Waals surface area (Å²) in [5.41, 5.74) is 1.37. The van der Waals surface area contributed by atoms with Crippen LogP contribution in [-0.4, -0.2) is 7.11 Å². The maximum absolute atomic E-state index is 5.28. The molecule has 0 N–H and O–H groups in total. The molecule has 3 rings (SSSR count). The lowest BCUT2D eigenvalue weighted by molar-refractivity contribution is -0.695. The molecule has 2 nitrogen and oxygen atoms in total. The van der Waals surface area contributed by atoms with Gasteiger partial charge in [-0.2, -0.15) is 0 Å². The minimum atomic E-state index is 0. The number of rotatable bonds is 4. The summed E-state index contributed by atoms with van der Waals surface area (Å²) in [6.45, 7) is 0.983. The van der Waals surface area contributed by atoms with E-state index in [9.17, 15) is 0 Å². The van der Waals surface area contributed by atoms with Crippen LogP contribution >= 0.6 is 0 Å². The van der Waals surface area contributed by atoms with E-state index in [1.165, 1.54) is 16.3 Å². The Kier molecular flexibility index (Phi) is 5.18. The average Bonchev–Trinajstić information content (AvgIpc) is 2.53. The van der Waals surface area contributed by atoms with Gasteiger partial charge in [0.1, 0.15) is 5.75 Å². The summed E-state index contributed by atoms with van der Waals surface area (Å²) in [5.74, 6) is 0.901. The molecular weight excluding hydrogens is 282 g/mol. The summed E-state index contributed by atoms with van der Waals surface area (Å²) in [7, 11) is 1.70. The van der Waals surface area contributed by atoms with E-state index in [1.807, 2.05) is 6.07 Å². The zero-order valence-electron chi connectivity index (χ0n) is 12.0. The van der Waals surface area contributed by atoms with Crippen LogP contribution in [0.4, 0.5) is 0 Å². The summed E-state index contributed by atoms with van der Waals surface area (Å²) in [5, 5.41) is 2.45. The monoisotopic (exact) mass is 299 g/mol. The number of benzene rings is 2. The quantitative estimate of drug-likeness (QED) is 0.635. The first kappa shape index (κ1) is 15.3. The number of aryl methyl sites for hydroxylation is 2. The van der Waals surface area contributed by atoms with Crippen molar-refractivity contribution in [2.75, 3.05) is 7.11 Å². The molecule has 2 aromatic carbocycles. The van der Waals surface area contributed by atoms with Crippen LogP contribution in [0.15, 0.2) is 67.0 Å². The molecule has 0 aliphatic rings. The van der Waals surface area contributed by atoms with Crippen molar-refractivity contribution < 1.29 is 21.7 Å². The van der Waals surface area contributed by atoms with Crippen LogP contribution in [-0.2, 0) is 13.0 Å². The van der Waals surface area contributed by atoms with Gasteiger partial charge < -0.3 is 17.1 Å². The first-order valence-electron chi connectivity index (χ1n) is 6.86. The standard InChI is InChI=1S/C18H18NO.ClH/c1-20-18-8-7-16-10-12-19(14-17(16)13-18)11-9-15-5-3-2-4-6-15;/h2-8,10,12-14H,9,11H2,1H3;1H/q+1;/p-1. The smallest absolute Gasteiger partial charge is 0.176 e. The molecule has 0 aliphatic carbocycles. The van der Waals surface area contributed by atoms with Gasteiger partial charge in [0, 0.05) is 17.9 Å². The van der Waals surface area contributed by atoms with Crippen LogP contribution < -0.4 is 21.7 Å². The van der Waals surface area contributed by atoms with Crippen LogP contribution in [0.3, 0.4) is 0 Å². The van der Waals surface area contributed by atoms with E-state index in [1.54, 1.807) is 7.11 Å². The molecule has 0 saturated heterocycles. The van der Waals surface area contributed by atoms with Crippen molar-refractivity contribution in [2.24, 2.45) is 0 Å². The largest absolute Gasteiger partial charge is 1.00 e. The first-order valence-corrected chi connectivity index (χ1v) is 6.86. The van der Waals surface area contributed by atoms with E-state index in [-0.39, 0.29) is 12.4 Å². The molecule has 1 heterocycles. The highest BCUT2D eigenvalue weighted by Crippen LogP contribution is 2.18. The number of fused-ring (bicyclic) bond motifs is 1. The van der Waals surface area contributed by atoms with Crippen LogP contribution in [0.5, 0.6) is 5.75 Å². The number of hydrogen-bond donors (Lipinski definition) is 0. The maximum atomic E-state index is 5.28. The van der Waals surface area contributed by atoms with Crippen molar-refractivity contribution in [3.8, 4) is 5.75 Å². The molecule has 0 amide bonds. The average molecular weight is 300 g/mol. The van der Waals surface area contributed by atoms with Gasteiger partial charge >= 0.3 is 0 Å². The third-order valence-electron chi connectivity index (χ3n) is 3.55. The van der Waals surface area contributed by atoms with Crippen LogP contribution in [0.25, 0.3) is 10.8 Å². The normalized spacial score (nSPS) is 10.1. The van der Waals surface area contributed by atoms with Gasteiger partial charge in [0.2, 0.25) is 0 Å². The van der Waals surface area contributed by atoms with E-state index < -0.39 is 0 Å². The molecule has 3 heteroatoms. The molecule has 0 bridgehead atoms. The predicted octanol–water partition coefficient (Wildman–Crippen LogP) is 0.383. The number of aromatic nitrogens is 1. The SMILES string of the molecule is COc1ccc2cc[n+](CCc3ccccc3)cc2c1.[Cl-]. The summed E-state index contributed by atoms with van der Waals surface area (Å²) < 4.78 is 7.51. The third-order valence-corrected chi connectivity index (χ3v) is 3.55. The van der Waals surface area contributed by atoms with Gasteiger partial charge in [-0.25, -0.2) is 4.57 Å². The highest BCUT2D eigenvalue weighted by Gasteiger charge is 2.05. The number of methoxy groups -OCH3 is 1. The van der Waals surface area contributed by atoms with Crippen molar-refractivity contribution >= 4 is 10.8 Å². The Labute approximate surface area is 131 Å². The minimum Gasteiger partial charge on any atom is -1.00 e. The molecule has 0 atom stereocenters. The molecule has 0 saturated carbocycles. The molecule has 0 aliphatic heterocycles. The second-order valence-electron chi connectivity index (χ2n) is 4.91. The van der Waals surface area contributed by atoms with Crippen LogP contribution in [0, 0.1) is 0 Å². The Morgan fingerprint density at radius 3 is 2.52 bits per heavy atom. The molecule has 3 aromatic rings. The molecular formula is C18H18ClNO. The van der Waals surface area contributed by atoms with Crippen molar-refractivity contribution in [3.05, 3.63) is 72.6 Å². The van der Waals surface area contributed by atoms with Gasteiger partial charge in [-0.05, 0) is 23.1 Å². The Morgan fingerprint density at radius 2 is 1.76 bits per heavy atom. The van der Waals surface area contributed by atoms with E-state index in [0.717, 1.165) is 18.7 Å². The number of ether oxygens (including phenoxy) is 1. The second kappa shape index (κ2) is 7.09. The summed E-state index contributed by atoms with van der Waals surface area (Å²) in [6.07, 6.45) is 5.36. The number of halogens is 1. The van der Waals surface area contributed by atoms with Gasteiger partial charge in [0.05, 0.1) is 7.11 Å². The van der Waals surface area contributed by atoms with E-state index >= 15 is 0 Å². The lowest BCUT2D eigenvalue weighted by Gasteiger charge is -2.03. The maximum Gasteiger partial charge on any atom is 0.176 e. The highest BCUT2D eigenvalue weighted by atomic mass is 35.5. The lowest BCUT2D eigenvalue weighted by atomic mass is 10.1. The van der Waals surface area contributed by atoms with E-state index in [4.69, 9.17) is 4.74 Å². The zero-order valence-corrected chi connectivity index (χ0v) is 12.8. The number of hydrogen-bond acceptors (Lipinski definition) is 1. The second-order valence-corrected chi connectivity index (χ2v) is 4.91. The Balaban J connectivity index is 0.00000161. The molecule has 1 aromatic heterocycles. The summed E-state index contributed by atoms with van der Waals surface area (Å²) in [4.78, 5) is 0. The van der Waals surface area contributed by atoms with Crippen molar-refractivity contribution in [3.63, 3.8) is 0 Å². The first-order chi connectivity index (χ1) is 9.85. The van der Waals surface area contributed by atoms with Gasteiger partial charge in [0.15, 0.2) is 18.9 Å². The third kappa shape index (κ3) is 3.73. The van der Waals surface area contributed by atoms with Gasteiger partial charge in [-0.1, -0.05) is 36.4 Å². The molecule has 0 spiro atoms. The Bertz CT molecular complexity index is 713. The number of pyridine rings is 1.